The summed E-state index contributed by atoms with van der Waals surface area (Å²) in [4.78, 5) is 9.41. The van der Waals surface area contributed by atoms with Crippen LogP contribution in [0.4, 0.5) is 0 Å². The number of nitro groups is 1. The van der Waals surface area contributed by atoms with Crippen molar-refractivity contribution in [1.29, 1.82) is 0 Å². The summed E-state index contributed by atoms with van der Waals surface area (Å²) in [6.07, 6.45) is 1.42. The number of ether oxygens (including phenoxy) is 1. The Morgan fingerprint density at radius 2 is 2.62 bits per heavy atom. The molecule has 0 spiro atoms. The molecule has 0 amide bonds. The SMILES string of the molecule is O=[N+]([O-])C1[CH]CCO1. The molecular formula is C4H6NO3. The van der Waals surface area contributed by atoms with E-state index in [-0.39, 0.29) is 0 Å². The summed E-state index contributed by atoms with van der Waals surface area (Å²) in [5.74, 6) is 0. The van der Waals surface area contributed by atoms with Crippen molar-refractivity contribution < 1.29 is 9.66 Å². The van der Waals surface area contributed by atoms with Gasteiger partial charge in [0.2, 0.25) is 0 Å². The van der Waals surface area contributed by atoms with E-state index in [9.17, 15) is 10.1 Å². The molecule has 45 valence electrons. The van der Waals surface area contributed by atoms with Gasteiger partial charge < -0.3 is 4.74 Å². The van der Waals surface area contributed by atoms with Crippen molar-refractivity contribution in [2.24, 2.45) is 0 Å². The van der Waals surface area contributed by atoms with Crippen molar-refractivity contribution in [3.8, 4) is 0 Å². The van der Waals surface area contributed by atoms with Crippen LogP contribution in [0.15, 0.2) is 0 Å². The molecule has 1 radical (unpaired) electrons. The van der Waals surface area contributed by atoms with E-state index in [4.69, 9.17) is 0 Å². The van der Waals surface area contributed by atoms with E-state index in [1.807, 2.05) is 0 Å². The van der Waals surface area contributed by atoms with Crippen LogP contribution in [0.3, 0.4) is 0 Å². The van der Waals surface area contributed by atoms with Gasteiger partial charge in [-0.25, -0.2) is 0 Å². The molecule has 4 heteroatoms. The van der Waals surface area contributed by atoms with Crippen LogP contribution in [0.5, 0.6) is 0 Å². The number of hydrogen-bond donors (Lipinski definition) is 0. The standard InChI is InChI=1S/C4H6NO3/c6-5(7)4-2-1-3-8-4/h2,4H,1,3H2. The largest absolute Gasteiger partial charge is 0.318 e. The third-order valence-corrected chi connectivity index (χ3v) is 0.983. The lowest BCUT2D eigenvalue weighted by Crippen LogP contribution is -2.17. The zero-order valence-electron chi connectivity index (χ0n) is 4.24. The van der Waals surface area contributed by atoms with Crippen molar-refractivity contribution in [3.63, 3.8) is 0 Å². The highest BCUT2D eigenvalue weighted by Gasteiger charge is 2.25. The topological polar surface area (TPSA) is 52.4 Å². The highest BCUT2D eigenvalue weighted by atomic mass is 16.7. The quantitative estimate of drug-likeness (QED) is 0.363. The van der Waals surface area contributed by atoms with Gasteiger partial charge >= 0.3 is 6.23 Å². The van der Waals surface area contributed by atoms with E-state index in [0.717, 1.165) is 0 Å². The fraction of sp³-hybridized carbons (Fsp3) is 0.750. The van der Waals surface area contributed by atoms with Gasteiger partial charge in [-0.2, -0.15) is 0 Å². The van der Waals surface area contributed by atoms with Gasteiger partial charge in [0.1, 0.15) is 0 Å². The first kappa shape index (κ1) is 5.50. The van der Waals surface area contributed by atoms with Crippen molar-refractivity contribution >= 4 is 0 Å². The molecule has 4 nitrogen and oxygen atoms in total. The van der Waals surface area contributed by atoms with E-state index < -0.39 is 11.2 Å². The summed E-state index contributed by atoms with van der Waals surface area (Å²) >= 11 is 0. The minimum atomic E-state index is -0.838. The summed E-state index contributed by atoms with van der Waals surface area (Å²) in [5, 5.41) is 9.85. The number of hydrogen-bond acceptors (Lipinski definition) is 3. The first-order valence-corrected chi connectivity index (χ1v) is 2.39. The zero-order chi connectivity index (χ0) is 5.98. The molecule has 1 aliphatic rings. The summed E-state index contributed by atoms with van der Waals surface area (Å²) in [5.41, 5.74) is 0. The number of rotatable bonds is 1. The second-order valence-electron chi connectivity index (χ2n) is 1.57. The fourth-order valence-corrected chi connectivity index (χ4v) is 0.614. The van der Waals surface area contributed by atoms with E-state index in [1.165, 1.54) is 0 Å². The third kappa shape index (κ3) is 0.949. The Hall–Kier alpha value is -0.640. The Labute approximate surface area is 46.6 Å². The van der Waals surface area contributed by atoms with Crippen LogP contribution in [-0.2, 0) is 4.74 Å². The Kier molecular flexibility index (Phi) is 1.43. The second kappa shape index (κ2) is 2.09. The van der Waals surface area contributed by atoms with Crippen LogP contribution >= 0.6 is 0 Å². The second-order valence-corrected chi connectivity index (χ2v) is 1.57. The summed E-state index contributed by atoms with van der Waals surface area (Å²) in [6.45, 7) is 0.492. The Balaban J connectivity index is 2.35. The van der Waals surface area contributed by atoms with Gasteiger partial charge in [0, 0.05) is 0 Å². The molecule has 0 aliphatic carbocycles. The van der Waals surface area contributed by atoms with Gasteiger partial charge in [0.15, 0.2) is 0 Å². The molecule has 1 heterocycles. The molecule has 1 fully saturated rings. The molecule has 1 saturated heterocycles. The van der Waals surface area contributed by atoms with Gasteiger partial charge in [-0.3, -0.25) is 10.1 Å². The first-order valence-electron chi connectivity index (χ1n) is 2.39. The molecule has 8 heavy (non-hydrogen) atoms. The normalized spacial score (nSPS) is 28.2. The van der Waals surface area contributed by atoms with Crippen LogP contribution in [0.1, 0.15) is 6.42 Å². The lowest BCUT2D eigenvalue weighted by Gasteiger charge is -1.95. The van der Waals surface area contributed by atoms with Gasteiger partial charge in [0.25, 0.3) is 0 Å². The molecular weight excluding hydrogens is 110 g/mol. The van der Waals surface area contributed by atoms with Crippen LogP contribution < -0.4 is 0 Å². The maximum atomic E-state index is 9.85. The van der Waals surface area contributed by atoms with Crippen molar-refractivity contribution in [3.05, 3.63) is 16.5 Å². The van der Waals surface area contributed by atoms with E-state index in [1.54, 1.807) is 6.42 Å². The van der Waals surface area contributed by atoms with Crippen LogP contribution in [0.2, 0.25) is 0 Å². The van der Waals surface area contributed by atoms with Crippen molar-refractivity contribution in [2.45, 2.75) is 12.6 Å². The predicted molar refractivity (Wildman–Crippen MR) is 25.7 cm³/mol. The van der Waals surface area contributed by atoms with Crippen molar-refractivity contribution in [2.75, 3.05) is 6.61 Å². The minimum absolute atomic E-state index is 0.438. The van der Waals surface area contributed by atoms with Gasteiger partial charge in [0.05, 0.1) is 18.0 Å². The van der Waals surface area contributed by atoms with Crippen LogP contribution in [0, 0.1) is 16.5 Å². The van der Waals surface area contributed by atoms with E-state index in [0.29, 0.717) is 13.0 Å². The Bertz CT molecular complexity index is 97.5. The average molecular weight is 116 g/mol. The average Bonchev–Trinajstić information content (AvgIpc) is 2.12. The van der Waals surface area contributed by atoms with Gasteiger partial charge in [-0.15, -0.1) is 0 Å². The summed E-state index contributed by atoms with van der Waals surface area (Å²) in [7, 11) is 0. The summed E-state index contributed by atoms with van der Waals surface area (Å²) < 4.78 is 4.66. The molecule has 0 aromatic rings. The molecule has 0 aromatic heterocycles. The molecule has 0 bridgehead atoms. The number of nitrogens with zero attached hydrogens (tertiary/aromatic N) is 1. The molecule has 1 unspecified atom stereocenters. The summed E-state index contributed by atoms with van der Waals surface area (Å²) in [6, 6.07) is 0. The third-order valence-electron chi connectivity index (χ3n) is 0.983. The lowest BCUT2D eigenvalue weighted by molar-refractivity contribution is -0.559. The molecule has 1 aliphatic heterocycles. The van der Waals surface area contributed by atoms with E-state index in [2.05, 4.69) is 4.74 Å². The highest BCUT2D eigenvalue weighted by Crippen LogP contribution is 2.09. The maximum absolute atomic E-state index is 9.85. The lowest BCUT2D eigenvalue weighted by atomic mass is 10.3. The van der Waals surface area contributed by atoms with Crippen molar-refractivity contribution in [1.82, 2.24) is 0 Å². The van der Waals surface area contributed by atoms with Gasteiger partial charge in [-0.05, 0) is 6.42 Å². The molecule has 0 aromatic carbocycles. The predicted octanol–water partition coefficient (Wildman–Crippen LogP) is 0.214. The highest BCUT2D eigenvalue weighted by molar-refractivity contribution is 4.73. The first-order chi connectivity index (χ1) is 3.80. The smallest absolute Gasteiger partial charge is 0.317 e. The fourth-order valence-electron chi connectivity index (χ4n) is 0.614. The Morgan fingerprint density at radius 3 is 2.88 bits per heavy atom. The molecule has 1 atom stereocenters. The van der Waals surface area contributed by atoms with Crippen LogP contribution in [0.25, 0.3) is 0 Å². The van der Waals surface area contributed by atoms with E-state index >= 15 is 0 Å². The maximum Gasteiger partial charge on any atom is 0.318 e. The minimum Gasteiger partial charge on any atom is -0.317 e. The van der Waals surface area contributed by atoms with Crippen LogP contribution in [-0.4, -0.2) is 17.8 Å². The molecule has 0 saturated carbocycles. The monoisotopic (exact) mass is 116 g/mol. The molecule has 1 rings (SSSR count). The molecule has 0 N–H and O–H groups in total. The van der Waals surface area contributed by atoms with Gasteiger partial charge in [-0.1, -0.05) is 0 Å². The Morgan fingerprint density at radius 1 is 1.88 bits per heavy atom. The zero-order valence-corrected chi connectivity index (χ0v) is 4.24.